The van der Waals surface area contributed by atoms with Gasteiger partial charge < -0.3 is 4.90 Å². The molecule has 0 spiro atoms. The smallest absolute Gasteiger partial charge is 0.225 e. The molecular weight excluding hydrogens is 138 g/mol. The highest BCUT2D eigenvalue weighted by Crippen LogP contribution is 2.10. The van der Waals surface area contributed by atoms with E-state index in [4.69, 9.17) is 0 Å². The van der Waals surface area contributed by atoms with Crippen LogP contribution < -0.4 is 0 Å². The van der Waals surface area contributed by atoms with E-state index in [9.17, 15) is 4.79 Å². The number of carbonyl (C=O) groups is 1. The third-order valence-electron chi connectivity index (χ3n) is 2.01. The van der Waals surface area contributed by atoms with Crippen LogP contribution >= 0.6 is 0 Å². The lowest BCUT2D eigenvalue weighted by molar-refractivity contribution is -0.134. The SMILES string of the molecule is CC(C)C(=O)N1CC[CH]CC1. The number of carbonyl (C=O) groups excluding carboxylic acids is 1. The molecular formula is C9H16NO. The highest BCUT2D eigenvalue weighted by molar-refractivity contribution is 5.78. The second-order valence-electron chi connectivity index (χ2n) is 3.35. The zero-order chi connectivity index (χ0) is 8.27. The minimum absolute atomic E-state index is 0.160. The van der Waals surface area contributed by atoms with Crippen LogP contribution in [-0.2, 0) is 4.79 Å². The minimum atomic E-state index is 0.160. The van der Waals surface area contributed by atoms with Crippen LogP contribution in [0.1, 0.15) is 26.7 Å². The van der Waals surface area contributed by atoms with Crippen LogP contribution in [0, 0.1) is 12.3 Å². The largest absolute Gasteiger partial charge is 0.342 e. The second kappa shape index (κ2) is 3.74. The van der Waals surface area contributed by atoms with Gasteiger partial charge in [-0.2, -0.15) is 0 Å². The molecule has 1 radical (unpaired) electrons. The summed E-state index contributed by atoms with van der Waals surface area (Å²) < 4.78 is 0. The predicted octanol–water partition coefficient (Wildman–Crippen LogP) is 1.47. The number of amides is 1. The van der Waals surface area contributed by atoms with Crippen LogP contribution in [0.4, 0.5) is 0 Å². The topological polar surface area (TPSA) is 20.3 Å². The molecule has 1 saturated heterocycles. The highest BCUT2D eigenvalue weighted by Gasteiger charge is 2.18. The Morgan fingerprint density at radius 1 is 1.36 bits per heavy atom. The van der Waals surface area contributed by atoms with Gasteiger partial charge in [0.05, 0.1) is 0 Å². The van der Waals surface area contributed by atoms with Crippen LogP contribution in [0.15, 0.2) is 0 Å². The van der Waals surface area contributed by atoms with E-state index in [0.717, 1.165) is 25.9 Å². The van der Waals surface area contributed by atoms with Crippen molar-refractivity contribution < 1.29 is 4.79 Å². The van der Waals surface area contributed by atoms with Gasteiger partial charge in [0.2, 0.25) is 5.91 Å². The molecule has 1 fully saturated rings. The molecule has 1 aliphatic rings. The lowest BCUT2D eigenvalue weighted by Gasteiger charge is -2.27. The summed E-state index contributed by atoms with van der Waals surface area (Å²) in [5.74, 6) is 0.464. The number of rotatable bonds is 1. The number of hydrogen-bond donors (Lipinski definition) is 0. The lowest BCUT2D eigenvalue weighted by Crippen LogP contribution is -2.38. The van der Waals surface area contributed by atoms with E-state index in [1.54, 1.807) is 0 Å². The Bertz CT molecular complexity index is 136. The molecule has 0 unspecified atom stereocenters. The van der Waals surface area contributed by atoms with Crippen LogP contribution in [0.2, 0.25) is 0 Å². The van der Waals surface area contributed by atoms with E-state index in [1.165, 1.54) is 0 Å². The van der Waals surface area contributed by atoms with Crippen molar-refractivity contribution in [1.82, 2.24) is 4.90 Å². The highest BCUT2D eigenvalue weighted by atomic mass is 16.2. The summed E-state index contributed by atoms with van der Waals surface area (Å²) in [6.45, 7) is 5.77. The van der Waals surface area contributed by atoms with Gasteiger partial charge >= 0.3 is 0 Å². The van der Waals surface area contributed by atoms with Crippen LogP contribution in [0.25, 0.3) is 0 Å². The van der Waals surface area contributed by atoms with Crippen molar-refractivity contribution in [2.45, 2.75) is 26.7 Å². The summed E-state index contributed by atoms with van der Waals surface area (Å²) in [7, 11) is 0. The number of likely N-dealkylation sites (tertiary alicyclic amines) is 1. The van der Waals surface area contributed by atoms with E-state index >= 15 is 0 Å². The van der Waals surface area contributed by atoms with Gasteiger partial charge in [-0.15, -0.1) is 0 Å². The first kappa shape index (κ1) is 8.57. The van der Waals surface area contributed by atoms with Crippen LogP contribution in [-0.4, -0.2) is 23.9 Å². The zero-order valence-corrected chi connectivity index (χ0v) is 7.34. The number of piperidine rings is 1. The first-order valence-electron chi connectivity index (χ1n) is 4.32. The third-order valence-corrected chi connectivity index (χ3v) is 2.01. The molecule has 1 rings (SSSR count). The van der Waals surface area contributed by atoms with Crippen molar-refractivity contribution in [3.8, 4) is 0 Å². The van der Waals surface area contributed by atoms with Gasteiger partial charge in [-0.1, -0.05) is 13.8 Å². The molecule has 1 aliphatic heterocycles. The van der Waals surface area contributed by atoms with Crippen molar-refractivity contribution in [3.05, 3.63) is 6.42 Å². The summed E-state index contributed by atoms with van der Waals surface area (Å²) in [6, 6.07) is 0. The van der Waals surface area contributed by atoms with Gasteiger partial charge in [0.1, 0.15) is 0 Å². The number of nitrogens with zero attached hydrogens (tertiary/aromatic N) is 1. The maximum atomic E-state index is 11.4. The van der Waals surface area contributed by atoms with Gasteiger partial charge in [-0.3, -0.25) is 4.79 Å². The van der Waals surface area contributed by atoms with Gasteiger partial charge in [0.25, 0.3) is 0 Å². The molecule has 1 amide bonds. The van der Waals surface area contributed by atoms with Crippen LogP contribution in [0.3, 0.4) is 0 Å². The summed E-state index contributed by atoms with van der Waals surface area (Å²) in [4.78, 5) is 13.4. The van der Waals surface area contributed by atoms with Gasteiger partial charge in [0.15, 0.2) is 0 Å². The van der Waals surface area contributed by atoms with Gasteiger partial charge in [-0.05, 0) is 19.3 Å². The molecule has 0 saturated carbocycles. The zero-order valence-electron chi connectivity index (χ0n) is 7.34. The van der Waals surface area contributed by atoms with Crippen LogP contribution in [0.5, 0.6) is 0 Å². The van der Waals surface area contributed by atoms with Crippen molar-refractivity contribution >= 4 is 5.91 Å². The quantitative estimate of drug-likeness (QED) is 0.560. The molecule has 0 bridgehead atoms. The maximum absolute atomic E-state index is 11.4. The van der Waals surface area contributed by atoms with Crippen molar-refractivity contribution in [2.24, 2.45) is 5.92 Å². The summed E-state index contributed by atoms with van der Waals surface area (Å²) >= 11 is 0. The molecule has 2 nitrogen and oxygen atoms in total. The molecule has 0 aliphatic carbocycles. The third kappa shape index (κ3) is 2.21. The van der Waals surface area contributed by atoms with E-state index in [1.807, 2.05) is 18.7 Å². The number of hydrogen-bond acceptors (Lipinski definition) is 1. The van der Waals surface area contributed by atoms with Crippen molar-refractivity contribution in [3.63, 3.8) is 0 Å². The van der Waals surface area contributed by atoms with E-state index in [-0.39, 0.29) is 5.92 Å². The Balaban J connectivity index is 2.39. The molecule has 0 aromatic heterocycles. The predicted molar refractivity (Wildman–Crippen MR) is 45.0 cm³/mol. The normalized spacial score (nSPS) is 19.0. The first-order chi connectivity index (χ1) is 5.22. The molecule has 0 aromatic carbocycles. The Kier molecular flexibility index (Phi) is 2.92. The molecule has 1 heterocycles. The fourth-order valence-corrected chi connectivity index (χ4v) is 1.34. The second-order valence-corrected chi connectivity index (χ2v) is 3.35. The van der Waals surface area contributed by atoms with E-state index in [0.29, 0.717) is 5.91 Å². The van der Waals surface area contributed by atoms with Crippen molar-refractivity contribution in [1.29, 1.82) is 0 Å². The average Bonchev–Trinajstić information content (AvgIpc) is 2.05. The fourth-order valence-electron chi connectivity index (χ4n) is 1.34. The molecule has 2 heteroatoms. The summed E-state index contributed by atoms with van der Waals surface area (Å²) in [5, 5.41) is 0. The Labute approximate surface area is 68.6 Å². The standard InChI is InChI=1S/C9H16NO/c1-8(2)9(11)10-6-4-3-5-7-10/h3,8H,4-7H2,1-2H3. The van der Waals surface area contributed by atoms with Gasteiger partial charge in [0, 0.05) is 19.0 Å². The molecule has 63 valence electrons. The Morgan fingerprint density at radius 3 is 2.36 bits per heavy atom. The minimum Gasteiger partial charge on any atom is -0.342 e. The molecule has 0 aromatic rings. The monoisotopic (exact) mass is 154 g/mol. The summed E-state index contributed by atoms with van der Waals surface area (Å²) in [5.41, 5.74) is 0. The lowest BCUT2D eigenvalue weighted by atomic mass is 10.1. The Morgan fingerprint density at radius 2 is 1.91 bits per heavy atom. The Hall–Kier alpha value is -0.530. The van der Waals surface area contributed by atoms with Gasteiger partial charge in [-0.25, -0.2) is 0 Å². The molecule has 11 heavy (non-hydrogen) atoms. The van der Waals surface area contributed by atoms with E-state index in [2.05, 4.69) is 6.42 Å². The maximum Gasteiger partial charge on any atom is 0.225 e. The van der Waals surface area contributed by atoms with Crippen molar-refractivity contribution in [2.75, 3.05) is 13.1 Å². The average molecular weight is 154 g/mol. The molecule has 0 N–H and O–H groups in total. The summed E-state index contributed by atoms with van der Waals surface area (Å²) in [6.07, 6.45) is 4.39. The molecule has 0 atom stereocenters. The van der Waals surface area contributed by atoms with E-state index < -0.39 is 0 Å². The fraction of sp³-hybridized carbons (Fsp3) is 0.778. The first-order valence-corrected chi connectivity index (χ1v) is 4.32.